The van der Waals surface area contributed by atoms with Crippen LogP contribution in [0.1, 0.15) is 32.1 Å². The van der Waals surface area contributed by atoms with E-state index in [1.165, 1.54) is 32.1 Å². The van der Waals surface area contributed by atoms with Crippen LogP contribution in [0.2, 0.25) is 0 Å². The molecular formula is C19H24FN3. The Labute approximate surface area is 137 Å². The summed E-state index contributed by atoms with van der Waals surface area (Å²) in [5.41, 5.74) is 1.86. The third-order valence-electron chi connectivity index (χ3n) is 5.40. The van der Waals surface area contributed by atoms with Crippen molar-refractivity contribution in [2.24, 2.45) is 0 Å². The zero-order valence-corrected chi connectivity index (χ0v) is 13.5. The number of piperazine rings is 1. The standard InChI is InChI=1S/C19H24FN3/c20-16-13-15-5-4-8-21-19(15)18(14-16)23-11-9-22(10-12-23)17-6-2-1-3-7-17/h4-5,8,13-14,17H,1-3,6-7,9-12H2. The molecule has 4 rings (SSSR count). The normalized spacial score (nSPS) is 21.0. The lowest BCUT2D eigenvalue weighted by atomic mass is 9.94. The molecule has 1 saturated carbocycles. The van der Waals surface area contributed by atoms with Crippen molar-refractivity contribution in [2.45, 2.75) is 38.1 Å². The summed E-state index contributed by atoms with van der Waals surface area (Å²) in [5.74, 6) is -0.171. The number of pyridine rings is 1. The quantitative estimate of drug-likeness (QED) is 0.840. The van der Waals surface area contributed by atoms with E-state index >= 15 is 0 Å². The van der Waals surface area contributed by atoms with E-state index in [-0.39, 0.29) is 5.82 Å². The Bertz CT molecular complexity index is 673. The van der Waals surface area contributed by atoms with E-state index in [2.05, 4.69) is 14.8 Å². The predicted octanol–water partition coefficient (Wildman–Crippen LogP) is 3.83. The molecule has 1 aliphatic heterocycles. The van der Waals surface area contributed by atoms with E-state index in [4.69, 9.17) is 0 Å². The van der Waals surface area contributed by atoms with Gasteiger partial charge in [-0.05, 0) is 31.0 Å². The summed E-state index contributed by atoms with van der Waals surface area (Å²) in [7, 11) is 0. The van der Waals surface area contributed by atoms with Gasteiger partial charge in [-0.2, -0.15) is 0 Å². The van der Waals surface area contributed by atoms with E-state index in [0.717, 1.165) is 48.8 Å². The van der Waals surface area contributed by atoms with Crippen molar-refractivity contribution < 1.29 is 4.39 Å². The molecule has 0 bridgehead atoms. The number of halogens is 1. The van der Waals surface area contributed by atoms with E-state index in [1.807, 2.05) is 12.1 Å². The van der Waals surface area contributed by atoms with Gasteiger partial charge in [0.15, 0.2) is 0 Å². The molecular weight excluding hydrogens is 289 g/mol. The number of hydrogen-bond acceptors (Lipinski definition) is 3. The minimum atomic E-state index is -0.171. The zero-order chi connectivity index (χ0) is 15.6. The minimum absolute atomic E-state index is 0.171. The predicted molar refractivity (Wildman–Crippen MR) is 92.4 cm³/mol. The second-order valence-electron chi connectivity index (χ2n) is 6.81. The molecule has 1 aliphatic carbocycles. The average molecular weight is 313 g/mol. The van der Waals surface area contributed by atoms with E-state index in [9.17, 15) is 4.39 Å². The van der Waals surface area contributed by atoms with Crippen LogP contribution in [0.3, 0.4) is 0 Å². The summed E-state index contributed by atoms with van der Waals surface area (Å²) in [6.07, 6.45) is 8.65. The summed E-state index contributed by atoms with van der Waals surface area (Å²) in [5, 5.41) is 0.886. The van der Waals surface area contributed by atoms with Crippen LogP contribution in [0, 0.1) is 5.82 Å². The first kappa shape index (κ1) is 14.9. The smallest absolute Gasteiger partial charge is 0.126 e. The molecule has 2 aromatic rings. The van der Waals surface area contributed by atoms with Gasteiger partial charge in [0, 0.05) is 43.8 Å². The molecule has 1 aromatic carbocycles. The number of hydrogen-bond donors (Lipinski definition) is 0. The van der Waals surface area contributed by atoms with E-state index < -0.39 is 0 Å². The largest absolute Gasteiger partial charge is 0.367 e. The Hall–Kier alpha value is -1.68. The number of aromatic nitrogens is 1. The number of benzene rings is 1. The molecule has 2 fully saturated rings. The van der Waals surface area contributed by atoms with Gasteiger partial charge in [-0.25, -0.2) is 4.39 Å². The van der Waals surface area contributed by atoms with Gasteiger partial charge in [-0.1, -0.05) is 25.3 Å². The third-order valence-corrected chi connectivity index (χ3v) is 5.40. The Morgan fingerprint density at radius 3 is 2.57 bits per heavy atom. The number of nitrogens with zero attached hydrogens (tertiary/aromatic N) is 3. The summed E-state index contributed by atoms with van der Waals surface area (Å²) in [4.78, 5) is 9.43. The lowest BCUT2D eigenvalue weighted by Crippen LogP contribution is -2.51. The van der Waals surface area contributed by atoms with Gasteiger partial charge in [0.2, 0.25) is 0 Å². The highest BCUT2D eigenvalue weighted by Crippen LogP contribution is 2.29. The highest BCUT2D eigenvalue weighted by Gasteiger charge is 2.26. The number of fused-ring (bicyclic) bond motifs is 1. The monoisotopic (exact) mass is 313 g/mol. The van der Waals surface area contributed by atoms with Gasteiger partial charge in [-0.15, -0.1) is 0 Å². The first-order chi connectivity index (χ1) is 11.3. The van der Waals surface area contributed by atoms with Gasteiger partial charge < -0.3 is 4.90 Å². The number of rotatable bonds is 2. The van der Waals surface area contributed by atoms with Crippen LogP contribution < -0.4 is 4.90 Å². The second kappa shape index (κ2) is 6.44. The molecule has 0 amide bonds. The summed E-state index contributed by atoms with van der Waals surface area (Å²) >= 11 is 0. The summed E-state index contributed by atoms with van der Waals surface area (Å²) in [6.45, 7) is 4.09. The molecule has 3 nitrogen and oxygen atoms in total. The Balaban J connectivity index is 1.52. The minimum Gasteiger partial charge on any atom is -0.367 e. The van der Waals surface area contributed by atoms with Gasteiger partial charge >= 0.3 is 0 Å². The van der Waals surface area contributed by atoms with E-state index in [0.29, 0.717) is 0 Å². The van der Waals surface area contributed by atoms with Crippen molar-refractivity contribution in [3.05, 3.63) is 36.3 Å². The van der Waals surface area contributed by atoms with Crippen molar-refractivity contribution in [2.75, 3.05) is 31.1 Å². The molecule has 23 heavy (non-hydrogen) atoms. The molecule has 1 aromatic heterocycles. The summed E-state index contributed by atoms with van der Waals surface area (Å²) in [6, 6.07) is 7.79. The lowest BCUT2D eigenvalue weighted by Gasteiger charge is -2.41. The first-order valence-electron chi connectivity index (χ1n) is 8.84. The van der Waals surface area contributed by atoms with Gasteiger partial charge in [-0.3, -0.25) is 9.88 Å². The molecule has 2 aliphatic rings. The molecule has 1 saturated heterocycles. The van der Waals surface area contributed by atoms with Gasteiger partial charge in [0.25, 0.3) is 0 Å². The Morgan fingerprint density at radius 2 is 1.78 bits per heavy atom. The van der Waals surface area contributed by atoms with Crippen LogP contribution >= 0.6 is 0 Å². The fraction of sp³-hybridized carbons (Fsp3) is 0.526. The van der Waals surface area contributed by atoms with E-state index in [1.54, 1.807) is 18.3 Å². The Morgan fingerprint density at radius 1 is 1.00 bits per heavy atom. The van der Waals surface area contributed by atoms with Crippen LogP contribution in [-0.2, 0) is 0 Å². The van der Waals surface area contributed by atoms with Crippen LogP contribution in [0.5, 0.6) is 0 Å². The number of anilines is 1. The van der Waals surface area contributed by atoms with Crippen LogP contribution in [-0.4, -0.2) is 42.1 Å². The summed E-state index contributed by atoms with van der Waals surface area (Å²) < 4.78 is 14.0. The SMILES string of the molecule is Fc1cc(N2CCN(C3CCCCC3)CC2)c2ncccc2c1. The maximum absolute atomic E-state index is 14.0. The van der Waals surface area contributed by atoms with Crippen molar-refractivity contribution in [3.8, 4) is 0 Å². The fourth-order valence-electron chi connectivity index (χ4n) is 4.15. The molecule has 0 N–H and O–H groups in total. The highest BCUT2D eigenvalue weighted by molar-refractivity contribution is 5.90. The fourth-order valence-corrected chi connectivity index (χ4v) is 4.15. The van der Waals surface area contributed by atoms with Crippen molar-refractivity contribution in [1.82, 2.24) is 9.88 Å². The molecule has 0 atom stereocenters. The van der Waals surface area contributed by atoms with Gasteiger partial charge in [0.1, 0.15) is 5.82 Å². The molecule has 0 unspecified atom stereocenters. The van der Waals surface area contributed by atoms with Gasteiger partial charge in [0.05, 0.1) is 11.2 Å². The molecule has 2 heterocycles. The molecule has 4 heteroatoms. The highest BCUT2D eigenvalue weighted by atomic mass is 19.1. The van der Waals surface area contributed by atoms with Crippen molar-refractivity contribution in [3.63, 3.8) is 0 Å². The molecule has 0 radical (unpaired) electrons. The van der Waals surface area contributed by atoms with Crippen LogP contribution in [0.15, 0.2) is 30.5 Å². The molecule has 122 valence electrons. The molecule has 0 spiro atoms. The van der Waals surface area contributed by atoms with Crippen LogP contribution in [0.25, 0.3) is 10.9 Å². The average Bonchev–Trinajstić information content (AvgIpc) is 2.62. The lowest BCUT2D eigenvalue weighted by molar-refractivity contribution is 0.148. The maximum Gasteiger partial charge on any atom is 0.126 e. The van der Waals surface area contributed by atoms with Crippen molar-refractivity contribution >= 4 is 16.6 Å². The Kier molecular flexibility index (Phi) is 4.17. The van der Waals surface area contributed by atoms with Crippen molar-refractivity contribution in [1.29, 1.82) is 0 Å². The topological polar surface area (TPSA) is 19.4 Å². The zero-order valence-electron chi connectivity index (χ0n) is 13.5. The maximum atomic E-state index is 14.0. The second-order valence-corrected chi connectivity index (χ2v) is 6.81. The van der Waals surface area contributed by atoms with Crippen LogP contribution in [0.4, 0.5) is 10.1 Å². The third kappa shape index (κ3) is 3.05. The first-order valence-corrected chi connectivity index (χ1v) is 8.84.